The van der Waals surface area contributed by atoms with Gasteiger partial charge < -0.3 is 15.6 Å². The van der Waals surface area contributed by atoms with Crippen molar-refractivity contribution >= 4 is 33.4 Å². The van der Waals surface area contributed by atoms with Crippen molar-refractivity contribution in [1.29, 1.82) is 0 Å². The molecule has 26 heavy (non-hydrogen) atoms. The molecule has 0 spiro atoms. The molecule has 2 aromatic carbocycles. The monoisotopic (exact) mass is 414 g/mol. The quantitative estimate of drug-likeness (QED) is 0.643. The molecule has 3 N–H and O–H groups in total. The fraction of sp³-hybridized carbons (Fsp3) is 0.111. The smallest absolute Gasteiger partial charge is 0.248 e. The Morgan fingerprint density at radius 1 is 1.08 bits per heavy atom. The molecule has 0 aliphatic heterocycles. The maximum Gasteiger partial charge on any atom is 0.248 e. The zero-order valence-electron chi connectivity index (χ0n) is 13.6. The minimum absolute atomic E-state index is 0.194. The Balaban J connectivity index is 1.54. The van der Waals surface area contributed by atoms with Gasteiger partial charge in [-0.25, -0.2) is 0 Å². The number of carbonyl (C=O) groups is 2. The molecule has 2 amide bonds. The number of aromatic nitrogens is 2. The number of nitrogens with two attached hydrogens (primary N) is 1. The van der Waals surface area contributed by atoms with Crippen LogP contribution in [-0.4, -0.2) is 22.0 Å². The Bertz CT molecular complexity index is 920. The Morgan fingerprint density at radius 2 is 1.77 bits per heavy atom. The van der Waals surface area contributed by atoms with Gasteiger partial charge in [0, 0.05) is 34.1 Å². The molecule has 0 saturated carbocycles. The van der Waals surface area contributed by atoms with Crippen LogP contribution in [0.5, 0.6) is 0 Å². The first-order valence-electron chi connectivity index (χ1n) is 7.79. The molecule has 0 aliphatic rings. The summed E-state index contributed by atoms with van der Waals surface area (Å²) in [7, 11) is 0. The zero-order chi connectivity index (χ0) is 18.5. The van der Waals surface area contributed by atoms with Crippen LogP contribution < -0.4 is 11.1 Å². The molecule has 1 aromatic heterocycles. The average molecular weight is 415 g/mol. The topological polar surface area (TPSA) is 111 Å². The van der Waals surface area contributed by atoms with E-state index in [2.05, 4.69) is 31.4 Å². The van der Waals surface area contributed by atoms with Crippen molar-refractivity contribution in [1.82, 2.24) is 10.1 Å². The number of aryl methyl sites for hydroxylation is 1. The van der Waals surface area contributed by atoms with E-state index in [1.807, 2.05) is 24.3 Å². The van der Waals surface area contributed by atoms with E-state index >= 15 is 0 Å². The van der Waals surface area contributed by atoms with Crippen LogP contribution in [0.25, 0.3) is 11.4 Å². The minimum Gasteiger partial charge on any atom is -0.366 e. The van der Waals surface area contributed by atoms with E-state index in [-0.39, 0.29) is 12.3 Å². The van der Waals surface area contributed by atoms with Gasteiger partial charge in [-0.05, 0) is 48.5 Å². The SMILES string of the molecule is NC(=O)c1ccc(NC(=O)CCc2nc(-c3ccc(Br)cc3)no2)cc1. The molecule has 8 heteroatoms. The fourth-order valence-corrected chi connectivity index (χ4v) is 2.50. The van der Waals surface area contributed by atoms with Crippen molar-refractivity contribution < 1.29 is 14.1 Å². The van der Waals surface area contributed by atoms with Gasteiger partial charge in [0.25, 0.3) is 0 Å². The van der Waals surface area contributed by atoms with Crippen LogP contribution in [0.1, 0.15) is 22.7 Å². The summed E-state index contributed by atoms with van der Waals surface area (Å²) < 4.78 is 6.15. The summed E-state index contributed by atoms with van der Waals surface area (Å²) in [6.45, 7) is 0. The lowest BCUT2D eigenvalue weighted by molar-refractivity contribution is -0.116. The van der Waals surface area contributed by atoms with E-state index in [0.717, 1.165) is 10.0 Å². The molecule has 0 bridgehead atoms. The number of halogens is 1. The maximum atomic E-state index is 12.0. The standard InChI is InChI=1S/C18H15BrN4O3/c19-13-5-1-12(2-6-13)18-22-16(26-23-18)10-9-15(24)21-14-7-3-11(4-8-14)17(20)25/h1-8H,9-10H2,(H2,20,25)(H,21,24). The second kappa shape index (κ2) is 7.92. The Hall–Kier alpha value is -3.00. The highest BCUT2D eigenvalue weighted by Gasteiger charge is 2.11. The normalized spacial score (nSPS) is 10.5. The second-order valence-corrected chi connectivity index (χ2v) is 6.42. The summed E-state index contributed by atoms with van der Waals surface area (Å²) in [6, 6.07) is 13.9. The van der Waals surface area contributed by atoms with Crippen molar-refractivity contribution in [3.05, 3.63) is 64.5 Å². The van der Waals surface area contributed by atoms with Gasteiger partial charge in [0.15, 0.2) is 0 Å². The molecule has 0 atom stereocenters. The molecule has 0 fully saturated rings. The van der Waals surface area contributed by atoms with E-state index in [0.29, 0.717) is 29.4 Å². The highest BCUT2D eigenvalue weighted by Crippen LogP contribution is 2.19. The summed E-state index contributed by atoms with van der Waals surface area (Å²) >= 11 is 3.37. The number of amides is 2. The number of hydrogen-bond donors (Lipinski definition) is 2. The van der Waals surface area contributed by atoms with Crippen LogP contribution in [0, 0.1) is 0 Å². The molecule has 3 rings (SSSR count). The van der Waals surface area contributed by atoms with Crippen molar-refractivity contribution in [3.8, 4) is 11.4 Å². The van der Waals surface area contributed by atoms with Crippen LogP contribution in [0.3, 0.4) is 0 Å². The van der Waals surface area contributed by atoms with E-state index < -0.39 is 5.91 Å². The largest absolute Gasteiger partial charge is 0.366 e. The molecule has 0 unspecified atom stereocenters. The lowest BCUT2D eigenvalue weighted by Gasteiger charge is -2.04. The van der Waals surface area contributed by atoms with E-state index in [1.54, 1.807) is 24.3 Å². The number of carbonyl (C=O) groups excluding carboxylic acids is 2. The van der Waals surface area contributed by atoms with Crippen LogP contribution in [-0.2, 0) is 11.2 Å². The fourth-order valence-electron chi connectivity index (χ4n) is 2.23. The lowest BCUT2D eigenvalue weighted by Crippen LogP contribution is -2.13. The van der Waals surface area contributed by atoms with Crippen molar-refractivity contribution in [2.45, 2.75) is 12.8 Å². The van der Waals surface area contributed by atoms with Gasteiger partial charge in [0.2, 0.25) is 23.5 Å². The van der Waals surface area contributed by atoms with Crippen LogP contribution in [0.15, 0.2) is 57.5 Å². The third-order valence-electron chi connectivity index (χ3n) is 3.59. The van der Waals surface area contributed by atoms with Crippen LogP contribution >= 0.6 is 15.9 Å². The Kier molecular flexibility index (Phi) is 5.43. The van der Waals surface area contributed by atoms with Crippen molar-refractivity contribution in [3.63, 3.8) is 0 Å². The highest BCUT2D eigenvalue weighted by atomic mass is 79.9. The predicted octanol–water partition coefficient (Wildman–Crippen LogP) is 3.17. The number of benzene rings is 2. The number of anilines is 1. The van der Waals surface area contributed by atoms with Gasteiger partial charge >= 0.3 is 0 Å². The third-order valence-corrected chi connectivity index (χ3v) is 4.12. The molecule has 132 valence electrons. The summed E-state index contributed by atoms with van der Waals surface area (Å²) in [5.74, 6) is 0.165. The van der Waals surface area contributed by atoms with Crippen molar-refractivity contribution in [2.75, 3.05) is 5.32 Å². The van der Waals surface area contributed by atoms with Gasteiger partial charge in [-0.15, -0.1) is 0 Å². The Labute approximate surface area is 157 Å². The molecule has 3 aromatic rings. The van der Waals surface area contributed by atoms with Crippen LogP contribution in [0.4, 0.5) is 5.69 Å². The third kappa shape index (κ3) is 4.54. The van der Waals surface area contributed by atoms with Gasteiger partial charge in [0.05, 0.1) is 0 Å². The highest BCUT2D eigenvalue weighted by molar-refractivity contribution is 9.10. The van der Waals surface area contributed by atoms with Gasteiger partial charge in [-0.1, -0.05) is 21.1 Å². The second-order valence-electron chi connectivity index (χ2n) is 5.51. The van der Waals surface area contributed by atoms with Gasteiger partial charge in [0.1, 0.15) is 0 Å². The van der Waals surface area contributed by atoms with Gasteiger partial charge in [-0.2, -0.15) is 4.98 Å². The molecular weight excluding hydrogens is 400 g/mol. The Morgan fingerprint density at radius 3 is 2.42 bits per heavy atom. The number of hydrogen-bond acceptors (Lipinski definition) is 5. The zero-order valence-corrected chi connectivity index (χ0v) is 15.2. The van der Waals surface area contributed by atoms with Gasteiger partial charge in [-0.3, -0.25) is 9.59 Å². The summed E-state index contributed by atoms with van der Waals surface area (Å²) in [5.41, 5.74) is 6.98. The van der Waals surface area contributed by atoms with E-state index in [1.165, 1.54) is 0 Å². The molecular formula is C18H15BrN4O3. The maximum absolute atomic E-state index is 12.0. The summed E-state index contributed by atoms with van der Waals surface area (Å²) in [6.07, 6.45) is 0.522. The van der Waals surface area contributed by atoms with E-state index in [4.69, 9.17) is 10.3 Å². The predicted molar refractivity (Wildman–Crippen MR) is 99.3 cm³/mol. The number of nitrogens with one attached hydrogen (secondary N) is 1. The summed E-state index contributed by atoms with van der Waals surface area (Å²) in [5, 5.41) is 6.66. The molecule has 0 saturated heterocycles. The molecule has 7 nitrogen and oxygen atoms in total. The summed E-state index contributed by atoms with van der Waals surface area (Å²) in [4.78, 5) is 27.3. The average Bonchev–Trinajstić information content (AvgIpc) is 3.10. The first kappa shape index (κ1) is 17.8. The van der Waals surface area contributed by atoms with Crippen molar-refractivity contribution in [2.24, 2.45) is 5.73 Å². The molecule has 1 heterocycles. The first-order chi connectivity index (χ1) is 12.5. The number of nitrogens with zero attached hydrogens (tertiary/aromatic N) is 2. The number of primary amides is 1. The first-order valence-corrected chi connectivity index (χ1v) is 8.59. The molecule has 0 radical (unpaired) electrons. The number of rotatable bonds is 6. The van der Waals surface area contributed by atoms with E-state index in [9.17, 15) is 9.59 Å². The minimum atomic E-state index is -0.513. The van der Waals surface area contributed by atoms with Crippen LogP contribution in [0.2, 0.25) is 0 Å². The lowest BCUT2D eigenvalue weighted by atomic mass is 10.2. The molecule has 0 aliphatic carbocycles.